The van der Waals surface area contributed by atoms with Crippen molar-refractivity contribution in [1.29, 1.82) is 0 Å². The predicted molar refractivity (Wildman–Crippen MR) is 49.7 cm³/mol. The molecule has 0 atom stereocenters. The molecule has 0 spiro atoms. The van der Waals surface area contributed by atoms with Gasteiger partial charge in [-0.25, -0.2) is 0 Å². The van der Waals surface area contributed by atoms with Crippen molar-refractivity contribution in [1.82, 2.24) is 15.5 Å². The second-order valence-corrected chi connectivity index (χ2v) is 3.45. The molecule has 5 nitrogen and oxygen atoms in total. The van der Waals surface area contributed by atoms with Crippen LogP contribution in [-0.2, 0) is 17.8 Å². The third kappa shape index (κ3) is 2.30. The summed E-state index contributed by atoms with van der Waals surface area (Å²) in [6.45, 7) is 4.38. The van der Waals surface area contributed by atoms with Crippen molar-refractivity contribution in [2.45, 2.75) is 32.5 Å². The minimum atomic E-state index is 0.316. The smallest absolute Gasteiger partial charge is 0.252 e. The first kappa shape index (κ1) is 9.61. The standard InChI is InChI=1S/C9H15N3O2/c1-2-3-8-11-9(14-12-8)6-13-7-4-10-5-7/h7,10H,2-6H2,1H3. The quantitative estimate of drug-likeness (QED) is 0.745. The minimum absolute atomic E-state index is 0.316. The minimum Gasteiger partial charge on any atom is -0.366 e. The molecule has 1 aromatic heterocycles. The van der Waals surface area contributed by atoms with Gasteiger partial charge in [-0.2, -0.15) is 4.98 Å². The third-order valence-electron chi connectivity index (χ3n) is 2.17. The first-order valence-corrected chi connectivity index (χ1v) is 5.02. The Kier molecular flexibility index (Phi) is 3.10. The maximum atomic E-state index is 5.50. The van der Waals surface area contributed by atoms with Gasteiger partial charge in [-0.3, -0.25) is 0 Å². The van der Waals surface area contributed by atoms with E-state index >= 15 is 0 Å². The molecular formula is C9H15N3O2. The van der Waals surface area contributed by atoms with E-state index in [1.54, 1.807) is 0 Å². The topological polar surface area (TPSA) is 60.2 Å². The Morgan fingerprint density at radius 2 is 2.43 bits per heavy atom. The SMILES string of the molecule is CCCc1noc(COC2CNC2)n1. The first-order valence-electron chi connectivity index (χ1n) is 5.02. The average Bonchev–Trinajstić information content (AvgIpc) is 2.51. The number of aryl methyl sites for hydroxylation is 1. The van der Waals surface area contributed by atoms with Gasteiger partial charge in [0.15, 0.2) is 5.82 Å². The molecule has 0 aromatic carbocycles. The van der Waals surface area contributed by atoms with Gasteiger partial charge in [0.1, 0.15) is 6.61 Å². The summed E-state index contributed by atoms with van der Waals surface area (Å²) in [7, 11) is 0. The van der Waals surface area contributed by atoms with Crippen LogP contribution in [0.5, 0.6) is 0 Å². The molecular weight excluding hydrogens is 182 g/mol. The molecule has 2 heterocycles. The highest BCUT2D eigenvalue weighted by atomic mass is 16.5. The zero-order valence-electron chi connectivity index (χ0n) is 8.32. The predicted octanol–water partition coefficient (Wildman–Crippen LogP) is 0.510. The van der Waals surface area contributed by atoms with E-state index < -0.39 is 0 Å². The van der Waals surface area contributed by atoms with E-state index in [4.69, 9.17) is 9.26 Å². The lowest BCUT2D eigenvalue weighted by Crippen LogP contribution is -2.48. The molecule has 78 valence electrons. The van der Waals surface area contributed by atoms with Crippen LogP contribution in [0, 0.1) is 0 Å². The molecule has 1 aliphatic rings. The highest BCUT2D eigenvalue weighted by Crippen LogP contribution is 2.05. The van der Waals surface area contributed by atoms with Gasteiger partial charge in [0.25, 0.3) is 5.89 Å². The second kappa shape index (κ2) is 4.52. The van der Waals surface area contributed by atoms with Crippen LogP contribution in [0.2, 0.25) is 0 Å². The average molecular weight is 197 g/mol. The van der Waals surface area contributed by atoms with Gasteiger partial charge in [-0.1, -0.05) is 12.1 Å². The van der Waals surface area contributed by atoms with E-state index in [-0.39, 0.29) is 0 Å². The Morgan fingerprint density at radius 3 is 3.07 bits per heavy atom. The lowest BCUT2D eigenvalue weighted by atomic mass is 10.2. The summed E-state index contributed by atoms with van der Waals surface area (Å²) >= 11 is 0. The van der Waals surface area contributed by atoms with Crippen molar-refractivity contribution in [3.8, 4) is 0 Å². The van der Waals surface area contributed by atoms with Crippen LogP contribution in [0.15, 0.2) is 4.52 Å². The normalized spacial score (nSPS) is 16.9. The van der Waals surface area contributed by atoms with E-state index in [0.717, 1.165) is 31.8 Å². The number of nitrogens with zero attached hydrogens (tertiary/aromatic N) is 2. The summed E-state index contributed by atoms with van der Waals surface area (Å²) < 4.78 is 10.5. The molecule has 1 saturated heterocycles. The summed E-state index contributed by atoms with van der Waals surface area (Å²) in [6, 6.07) is 0. The van der Waals surface area contributed by atoms with Crippen molar-refractivity contribution in [3.05, 3.63) is 11.7 Å². The van der Waals surface area contributed by atoms with E-state index in [1.165, 1.54) is 0 Å². The molecule has 1 aliphatic heterocycles. The molecule has 0 unspecified atom stereocenters. The summed E-state index contributed by atoms with van der Waals surface area (Å²) in [5.41, 5.74) is 0. The summed E-state index contributed by atoms with van der Waals surface area (Å²) in [5.74, 6) is 1.36. The maximum absolute atomic E-state index is 5.50. The van der Waals surface area contributed by atoms with Crippen molar-refractivity contribution in [3.63, 3.8) is 0 Å². The van der Waals surface area contributed by atoms with Gasteiger partial charge in [0.05, 0.1) is 6.10 Å². The van der Waals surface area contributed by atoms with Gasteiger partial charge in [-0.15, -0.1) is 0 Å². The van der Waals surface area contributed by atoms with Gasteiger partial charge >= 0.3 is 0 Å². The number of ether oxygens (including phenoxy) is 1. The number of hydrogen-bond donors (Lipinski definition) is 1. The van der Waals surface area contributed by atoms with Crippen LogP contribution in [-0.4, -0.2) is 29.3 Å². The van der Waals surface area contributed by atoms with E-state index in [1.807, 2.05) is 0 Å². The number of rotatable bonds is 5. The molecule has 2 rings (SSSR count). The van der Waals surface area contributed by atoms with Gasteiger partial charge in [0.2, 0.25) is 0 Å². The molecule has 0 amide bonds. The second-order valence-electron chi connectivity index (χ2n) is 3.45. The summed E-state index contributed by atoms with van der Waals surface area (Å²) in [6.07, 6.45) is 2.22. The number of aromatic nitrogens is 2. The fourth-order valence-corrected chi connectivity index (χ4v) is 1.24. The van der Waals surface area contributed by atoms with Crippen molar-refractivity contribution < 1.29 is 9.26 Å². The molecule has 0 aliphatic carbocycles. The van der Waals surface area contributed by atoms with E-state index in [0.29, 0.717) is 18.6 Å². The van der Waals surface area contributed by atoms with Crippen molar-refractivity contribution >= 4 is 0 Å². The number of nitrogens with one attached hydrogen (secondary N) is 1. The molecule has 0 radical (unpaired) electrons. The Hall–Kier alpha value is -0.940. The van der Waals surface area contributed by atoms with Gasteiger partial charge in [0, 0.05) is 19.5 Å². The Bertz CT molecular complexity index is 283. The lowest BCUT2D eigenvalue weighted by molar-refractivity contribution is -0.00397. The largest absolute Gasteiger partial charge is 0.366 e. The van der Waals surface area contributed by atoms with Crippen molar-refractivity contribution in [2.24, 2.45) is 0 Å². The number of hydrogen-bond acceptors (Lipinski definition) is 5. The van der Waals surface area contributed by atoms with Crippen molar-refractivity contribution in [2.75, 3.05) is 13.1 Å². The third-order valence-corrected chi connectivity index (χ3v) is 2.17. The highest BCUT2D eigenvalue weighted by molar-refractivity contribution is 4.85. The van der Waals surface area contributed by atoms with E-state index in [9.17, 15) is 0 Å². The summed E-state index contributed by atoms with van der Waals surface area (Å²) in [4.78, 5) is 4.21. The fourth-order valence-electron chi connectivity index (χ4n) is 1.24. The van der Waals surface area contributed by atoms with Crippen LogP contribution < -0.4 is 5.32 Å². The Balaban J connectivity index is 1.77. The fraction of sp³-hybridized carbons (Fsp3) is 0.778. The monoisotopic (exact) mass is 197 g/mol. The molecule has 1 fully saturated rings. The van der Waals surface area contributed by atoms with Gasteiger partial charge in [-0.05, 0) is 6.42 Å². The molecule has 14 heavy (non-hydrogen) atoms. The zero-order chi connectivity index (χ0) is 9.80. The Labute approximate surface area is 82.8 Å². The highest BCUT2D eigenvalue weighted by Gasteiger charge is 2.18. The molecule has 1 aromatic rings. The van der Waals surface area contributed by atoms with Crippen LogP contribution in [0.25, 0.3) is 0 Å². The molecule has 5 heteroatoms. The Morgan fingerprint density at radius 1 is 1.57 bits per heavy atom. The van der Waals surface area contributed by atoms with Crippen LogP contribution in [0.1, 0.15) is 25.1 Å². The lowest BCUT2D eigenvalue weighted by Gasteiger charge is -2.26. The summed E-state index contributed by atoms with van der Waals surface area (Å²) in [5, 5.41) is 6.98. The zero-order valence-corrected chi connectivity index (χ0v) is 8.32. The molecule has 0 bridgehead atoms. The van der Waals surface area contributed by atoms with Crippen LogP contribution in [0.4, 0.5) is 0 Å². The van der Waals surface area contributed by atoms with Gasteiger partial charge < -0.3 is 14.6 Å². The maximum Gasteiger partial charge on any atom is 0.252 e. The van der Waals surface area contributed by atoms with Crippen LogP contribution in [0.3, 0.4) is 0 Å². The van der Waals surface area contributed by atoms with E-state index in [2.05, 4.69) is 22.4 Å². The van der Waals surface area contributed by atoms with Crippen LogP contribution >= 0.6 is 0 Å². The first-order chi connectivity index (χ1) is 6.88. The molecule has 0 saturated carbocycles. The molecule has 1 N–H and O–H groups in total.